The van der Waals surface area contributed by atoms with Crippen LogP contribution >= 0.6 is 0 Å². The Bertz CT molecular complexity index is 1480. The van der Waals surface area contributed by atoms with Crippen LogP contribution in [-0.4, -0.2) is 60.4 Å². The molecule has 0 aliphatic heterocycles. The third-order valence-corrected chi connectivity index (χ3v) is 6.42. The highest BCUT2D eigenvalue weighted by Crippen LogP contribution is 2.24. The number of aliphatic carboxylic acids is 2. The van der Waals surface area contributed by atoms with Crippen molar-refractivity contribution in [1.29, 1.82) is 0 Å². The molecule has 1 atom stereocenters. The van der Waals surface area contributed by atoms with Crippen molar-refractivity contribution in [3.8, 4) is 11.5 Å². The predicted molar refractivity (Wildman–Crippen MR) is 157 cm³/mol. The molecule has 14 heteroatoms. The lowest BCUT2D eigenvalue weighted by atomic mass is 10.1. The number of rotatable bonds is 14. The number of carboxylic acids is 2. The number of benzene rings is 2. The van der Waals surface area contributed by atoms with E-state index in [2.05, 4.69) is 9.56 Å². The van der Waals surface area contributed by atoms with Gasteiger partial charge in [0.2, 0.25) is 0 Å². The number of nitrogens with two attached hydrogens (primary N) is 3. The summed E-state index contributed by atoms with van der Waals surface area (Å²) in [4.78, 5) is 24.9. The van der Waals surface area contributed by atoms with Crippen molar-refractivity contribution in [1.82, 2.24) is 4.57 Å². The van der Waals surface area contributed by atoms with Crippen molar-refractivity contribution >= 4 is 38.9 Å². The number of fused-ring (bicyclic) bond motifs is 1. The first-order valence-electron chi connectivity index (χ1n) is 13.1. The van der Waals surface area contributed by atoms with Gasteiger partial charge in [-0.3, -0.25) is 9.79 Å². The number of aromatic nitrogens is 1. The number of carboxylic acid groups (broad SMARTS) is 2. The summed E-state index contributed by atoms with van der Waals surface area (Å²) in [6.07, 6.45) is 5.69. The molecule has 3 aromatic rings. The van der Waals surface area contributed by atoms with E-state index in [0.717, 1.165) is 42.1 Å². The lowest BCUT2D eigenvalue weighted by Gasteiger charge is -2.27. The van der Waals surface area contributed by atoms with Crippen molar-refractivity contribution in [2.45, 2.75) is 57.7 Å². The summed E-state index contributed by atoms with van der Waals surface area (Å²) < 4.78 is 35.0. The average molecular weight is 605 g/mol. The van der Waals surface area contributed by atoms with Crippen LogP contribution in [0.3, 0.4) is 0 Å². The first-order valence-corrected chi connectivity index (χ1v) is 14.9. The molecule has 0 spiro atoms. The Kier molecular flexibility index (Phi) is 12.2. The molecular weight excluding hydrogens is 566 g/mol. The maximum atomic E-state index is 11.3. The van der Waals surface area contributed by atoms with Crippen molar-refractivity contribution in [2.24, 2.45) is 22.2 Å². The van der Waals surface area contributed by atoms with E-state index in [-0.39, 0.29) is 5.96 Å². The minimum absolute atomic E-state index is 0.0129. The second kappa shape index (κ2) is 15.1. The molecule has 0 saturated heterocycles. The molecule has 0 amide bonds. The van der Waals surface area contributed by atoms with E-state index in [4.69, 9.17) is 31.2 Å². The average Bonchev–Trinajstić information content (AvgIpc) is 3.28. The number of carbonyl (C=O) groups excluding carboxylic acids is 1. The van der Waals surface area contributed by atoms with Crippen LogP contribution in [0.2, 0.25) is 0 Å². The fourth-order valence-electron chi connectivity index (χ4n) is 3.76. The summed E-state index contributed by atoms with van der Waals surface area (Å²) in [5, 5.41) is 20.3. The smallest absolute Gasteiger partial charge is 0.320 e. The summed E-state index contributed by atoms with van der Waals surface area (Å²) in [5.41, 5.74) is 16.1. The van der Waals surface area contributed by atoms with Crippen LogP contribution in [0, 0.1) is 0 Å². The van der Waals surface area contributed by atoms with Gasteiger partial charge >= 0.3 is 16.1 Å². The number of guanidine groups is 1. The number of carbonyl (C=O) groups is 2. The molecular formula is C28H38N5O8S-. The van der Waals surface area contributed by atoms with Gasteiger partial charge in [-0.2, -0.15) is 8.42 Å². The molecule has 3 rings (SSSR count). The van der Waals surface area contributed by atoms with Gasteiger partial charge in [-0.25, -0.2) is 0 Å². The first kappa shape index (κ1) is 33.9. The molecule has 7 N–H and O–H groups in total. The van der Waals surface area contributed by atoms with Gasteiger partial charge in [-0.05, 0) is 81.5 Å². The van der Waals surface area contributed by atoms with E-state index in [1.807, 2.05) is 30.5 Å². The van der Waals surface area contributed by atoms with Gasteiger partial charge in [0.05, 0.1) is 12.2 Å². The molecule has 13 nitrogen and oxygen atoms in total. The van der Waals surface area contributed by atoms with E-state index in [1.54, 1.807) is 24.3 Å². The quantitative estimate of drug-likeness (QED) is 0.0877. The van der Waals surface area contributed by atoms with Gasteiger partial charge in [-0.1, -0.05) is 12.1 Å². The van der Waals surface area contributed by atoms with Crippen molar-refractivity contribution in [2.75, 3.05) is 12.8 Å². The van der Waals surface area contributed by atoms with Crippen LogP contribution in [0.4, 0.5) is 0 Å². The molecule has 0 aliphatic carbocycles. The Labute approximate surface area is 245 Å². The van der Waals surface area contributed by atoms with Gasteiger partial charge in [0.15, 0.2) is 5.96 Å². The number of aliphatic imine (C=N–C) groups is 1. The monoisotopic (exact) mass is 604 g/mol. The van der Waals surface area contributed by atoms with E-state index >= 15 is 0 Å². The lowest BCUT2D eigenvalue weighted by molar-refractivity contribution is -0.320. The summed E-state index contributed by atoms with van der Waals surface area (Å²) in [6.45, 7) is 4.12. The van der Waals surface area contributed by atoms with Crippen LogP contribution in [0.1, 0.15) is 38.7 Å². The normalized spacial score (nSPS) is 12.1. The number of ether oxygens (including phenoxy) is 1. The molecule has 0 saturated carbocycles. The van der Waals surface area contributed by atoms with Gasteiger partial charge in [0.1, 0.15) is 23.1 Å². The predicted octanol–water partition coefficient (Wildman–Crippen LogP) is 0.972. The zero-order valence-electron chi connectivity index (χ0n) is 23.9. The molecule has 1 unspecified atom stereocenters. The van der Waals surface area contributed by atoms with Crippen LogP contribution in [0.5, 0.6) is 11.5 Å². The van der Waals surface area contributed by atoms with Gasteiger partial charge in [-0.15, -0.1) is 0 Å². The fourth-order valence-corrected chi connectivity index (χ4v) is 4.21. The highest BCUT2D eigenvalue weighted by Gasteiger charge is 2.21. The van der Waals surface area contributed by atoms with Crippen molar-refractivity contribution in [3.63, 3.8) is 0 Å². The summed E-state index contributed by atoms with van der Waals surface area (Å²) in [6, 6.07) is 13.7. The maximum absolute atomic E-state index is 11.3. The summed E-state index contributed by atoms with van der Waals surface area (Å²) in [7, 11) is -3.55. The molecule has 0 bridgehead atoms. The van der Waals surface area contributed by atoms with Crippen LogP contribution in [-0.2, 0) is 32.7 Å². The first-order chi connectivity index (χ1) is 19.6. The van der Waals surface area contributed by atoms with E-state index in [0.29, 0.717) is 30.9 Å². The topological polar surface area (TPSA) is 225 Å². The Hall–Kier alpha value is -4.30. The highest BCUT2D eigenvalue weighted by atomic mass is 32.2. The Balaban J connectivity index is 0.000000435. The Morgan fingerprint density at radius 2 is 1.71 bits per heavy atom. The van der Waals surface area contributed by atoms with E-state index in [1.165, 1.54) is 13.8 Å². The second-order valence-electron chi connectivity index (χ2n) is 10.1. The van der Waals surface area contributed by atoms with Gasteiger partial charge in [0, 0.05) is 30.2 Å². The largest absolute Gasteiger partial charge is 0.546 e. The van der Waals surface area contributed by atoms with Crippen LogP contribution < -0.4 is 31.2 Å². The minimum Gasteiger partial charge on any atom is -0.546 e. The molecule has 1 aromatic heterocycles. The molecule has 0 radical (unpaired) electrons. The number of nitrogens with zero attached hydrogens (tertiary/aromatic N) is 2. The fraction of sp³-hybridized carbons (Fsp3) is 0.393. The molecule has 0 aliphatic rings. The van der Waals surface area contributed by atoms with E-state index < -0.39 is 33.7 Å². The molecule has 0 fully saturated rings. The van der Waals surface area contributed by atoms with Crippen LogP contribution in [0.15, 0.2) is 59.7 Å². The second-order valence-corrected chi connectivity index (χ2v) is 11.6. The molecule has 1 heterocycles. The van der Waals surface area contributed by atoms with Gasteiger partial charge in [0.25, 0.3) is 0 Å². The summed E-state index contributed by atoms with van der Waals surface area (Å²) >= 11 is 0. The molecule has 2 aromatic carbocycles. The van der Waals surface area contributed by atoms with Crippen molar-refractivity contribution in [3.05, 3.63) is 60.3 Å². The lowest BCUT2D eigenvalue weighted by Crippen LogP contribution is -2.47. The molecule has 42 heavy (non-hydrogen) atoms. The van der Waals surface area contributed by atoms with Crippen molar-refractivity contribution < 1.29 is 37.1 Å². The molecule has 230 valence electrons. The third kappa shape index (κ3) is 11.7. The number of hydrogen-bond acceptors (Lipinski definition) is 9. The van der Waals surface area contributed by atoms with Crippen LogP contribution in [0.25, 0.3) is 10.9 Å². The zero-order chi connectivity index (χ0) is 31.5. The highest BCUT2D eigenvalue weighted by molar-refractivity contribution is 7.86. The van der Waals surface area contributed by atoms with E-state index in [9.17, 15) is 23.1 Å². The van der Waals surface area contributed by atoms with Gasteiger partial charge < -0.3 is 45.7 Å². The Morgan fingerprint density at radius 3 is 2.29 bits per heavy atom. The minimum atomic E-state index is -3.55. The number of hydrogen-bond donors (Lipinski definition) is 4. The summed E-state index contributed by atoms with van der Waals surface area (Å²) in [5.74, 6) is -1.47. The number of aryl methyl sites for hydroxylation is 2. The maximum Gasteiger partial charge on any atom is 0.320 e. The Morgan fingerprint density at radius 1 is 1.07 bits per heavy atom. The standard InChI is InChI=1S/C22H25NO6S.C6H14N4O2/c1-22(2,21(24)25)28-18-8-6-16(7-9-18)5-4-13-23-14-12-17-15-19(10-11-20(17)23)29-30(3,26)27;7-4(5(11)12)2-1-3-10-6(8)9/h6-12,14-15H,4-5,13H2,1-3H3,(H,24,25);4H,1-3,7H2,(H,11,12)(H4,8,9,10)/p-1. The zero-order valence-corrected chi connectivity index (χ0v) is 24.7. The third-order valence-electron chi connectivity index (χ3n) is 5.93. The SMILES string of the molecule is CC(C)(Oc1ccc(CCCn2ccc3cc(OS(C)(=O)=O)ccc32)cc1)C(=O)[O-].NC(N)=NCCCC(N)C(=O)O.